The monoisotopic (exact) mass is 511 g/mol. The maximum Gasteiger partial charge on any atom is 0.408 e. The number of nitrogens with one attached hydrogen (secondary N) is 2. The Morgan fingerprint density at radius 3 is 2.40 bits per heavy atom. The predicted molar refractivity (Wildman–Crippen MR) is 138 cm³/mol. The van der Waals surface area contributed by atoms with Crippen molar-refractivity contribution in [2.24, 2.45) is 0 Å². The van der Waals surface area contributed by atoms with Gasteiger partial charge in [-0.25, -0.2) is 4.79 Å². The van der Waals surface area contributed by atoms with Gasteiger partial charge in [-0.3, -0.25) is 9.59 Å². The number of ether oxygens (including phenoxy) is 1. The minimum atomic E-state index is -1.11. The molecule has 10 heteroatoms. The van der Waals surface area contributed by atoms with Crippen molar-refractivity contribution in [3.8, 4) is 5.75 Å². The van der Waals surface area contributed by atoms with Crippen LogP contribution in [0.5, 0.6) is 5.75 Å². The van der Waals surface area contributed by atoms with Crippen molar-refractivity contribution in [2.75, 3.05) is 25.2 Å². The van der Waals surface area contributed by atoms with Gasteiger partial charge in [-0.2, -0.15) is 11.8 Å². The summed E-state index contributed by atoms with van der Waals surface area (Å²) in [7, 11) is 0. The maximum absolute atomic E-state index is 13.7. The third kappa shape index (κ3) is 10.8. The molecule has 3 amide bonds. The summed E-state index contributed by atoms with van der Waals surface area (Å²) in [6, 6.07) is 3.91. The number of benzene rings is 1. The van der Waals surface area contributed by atoms with Gasteiger partial charge in [0.25, 0.3) is 0 Å². The van der Waals surface area contributed by atoms with E-state index in [4.69, 9.17) is 4.74 Å². The number of thioether (sulfide) groups is 1. The second-order valence-corrected chi connectivity index (χ2v) is 10.4. The Balaban J connectivity index is 3.39. The highest BCUT2D eigenvalue weighted by atomic mass is 32.2. The van der Waals surface area contributed by atoms with Crippen molar-refractivity contribution in [3.05, 3.63) is 29.8 Å². The molecule has 3 atom stereocenters. The zero-order valence-corrected chi connectivity index (χ0v) is 22.5. The summed E-state index contributed by atoms with van der Waals surface area (Å²) in [5.74, 6) is -0.427. The molecular weight excluding hydrogens is 470 g/mol. The summed E-state index contributed by atoms with van der Waals surface area (Å²) in [4.78, 5) is 40.9. The van der Waals surface area contributed by atoms with Gasteiger partial charge in [-0.05, 0) is 70.2 Å². The molecular formula is C25H41N3O6S. The number of carbonyl (C=O) groups excluding carboxylic acids is 3. The molecule has 0 bridgehead atoms. The van der Waals surface area contributed by atoms with Gasteiger partial charge in [0.2, 0.25) is 11.8 Å². The molecule has 0 radical (unpaired) electrons. The van der Waals surface area contributed by atoms with E-state index >= 15 is 0 Å². The molecule has 0 aliphatic rings. The Hall–Kier alpha value is -2.46. The molecule has 0 aliphatic carbocycles. The molecule has 1 aromatic carbocycles. The number of carbonyl (C=O) groups is 3. The molecule has 1 aromatic rings. The topological polar surface area (TPSA) is 128 Å². The number of alkyl carbamates (subject to hydrolysis) is 1. The van der Waals surface area contributed by atoms with Gasteiger partial charge < -0.3 is 30.5 Å². The normalized spacial score (nSPS) is 13.9. The van der Waals surface area contributed by atoms with Crippen LogP contribution in [-0.4, -0.2) is 75.9 Å². The SMILES string of the molecule is CCCC(C)NC(=O)C(c1cccc(O)c1)N(CCO)C(=O)C(CCSC)NC(=O)OC(C)(C)C. The maximum atomic E-state index is 13.7. The first-order valence-corrected chi connectivity index (χ1v) is 13.3. The van der Waals surface area contributed by atoms with Crippen molar-refractivity contribution >= 4 is 29.7 Å². The van der Waals surface area contributed by atoms with E-state index in [1.807, 2.05) is 20.1 Å². The van der Waals surface area contributed by atoms with Gasteiger partial charge >= 0.3 is 6.09 Å². The summed E-state index contributed by atoms with van der Waals surface area (Å²) in [5, 5.41) is 25.4. The average Bonchev–Trinajstić information content (AvgIpc) is 2.74. The van der Waals surface area contributed by atoms with Crippen LogP contribution < -0.4 is 10.6 Å². The first kappa shape index (κ1) is 30.6. The third-order valence-electron chi connectivity index (χ3n) is 5.08. The largest absolute Gasteiger partial charge is 0.508 e. The van der Waals surface area contributed by atoms with Crippen LogP contribution in [0.4, 0.5) is 4.79 Å². The number of phenolic OH excluding ortho intramolecular Hbond substituents is 1. The quantitative estimate of drug-likeness (QED) is 0.320. The van der Waals surface area contributed by atoms with E-state index in [0.29, 0.717) is 17.7 Å². The highest BCUT2D eigenvalue weighted by Gasteiger charge is 2.36. The number of hydrogen-bond acceptors (Lipinski definition) is 7. The van der Waals surface area contributed by atoms with Crippen molar-refractivity contribution in [1.82, 2.24) is 15.5 Å². The third-order valence-corrected chi connectivity index (χ3v) is 5.72. The molecule has 1 rings (SSSR count). The minimum Gasteiger partial charge on any atom is -0.508 e. The van der Waals surface area contributed by atoms with E-state index in [9.17, 15) is 24.6 Å². The number of phenols is 1. The van der Waals surface area contributed by atoms with Crippen LogP contribution in [-0.2, 0) is 14.3 Å². The van der Waals surface area contributed by atoms with Gasteiger partial charge in [0.1, 0.15) is 23.4 Å². The first-order valence-electron chi connectivity index (χ1n) is 11.9. The van der Waals surface area contributed by atoms with Crippen molar-refractivity contribution in [2.45, 2.75) is 77.6 Å². The molecule has 0 aromatic heterocycles. The molecule has 4 N–H and O–H groups in total. The number of rotatable bonds is 13. The Morgan fingerprint density at radius 2 is 1.86 bits per heavy atom. The first-order chi connectivity index (χ1) is 16.4. The fourth-order valence-corrected chi connectivity index (χ4v) is 4.08. The lowest BCUT2D eigenvalue weighted by atomic mass is 10.0. The van der Waals surface area contributed by atoms with Crippen LogP contribution in [0.25, 0.3) is 0 Å². The lowest BCUT2D eigenvalue weighted by Crippen LogP contribution is -2.54. The molecule has 198 valence electrons. The van der Waals surface area contributed by atoms with Crippen LogP contribution in [0.2, 0.25) is 0 Å². The van der Waals surface area contributed by atoms with Gasteiger partial charge in [0, 0.05) is 12.6 Å². The standard InChI is InChI=1S/C25H41N3O6S/c1-7-9-17(2)26-22(31)21(18-10-8-11-19(30)16-18)28(13-14-29)23(32)20(12-15-35-6)27-24(33)34-25(3,4)5/h8,10-11,16-17,20-21,29-30H,7,9,12-15H2,1-6H3,(H,26,31)(H,27,33). The average molecular weight is 512 g/mol. The van der Waals surface area contributed by atoms with Crippen LogP contribution in [0.1, 0.15) is 65.5 Å². The molecule has 0 heterocycles. The molecule has 0 saturated carbocycles. The van der Waals surface area contributed by atoms with E-state index in [0.717, 1.165) is 12.8 Å². The fraction of sp³-hybridized carbons (Fsp3) is 0.640. The molecule has 9 nitrogen and oxygen atoms in total. The Kier molecular flexibility index (Phi) is 13.0. The number of aliphatic hydroxyl groups excluding tert-OH is 1. The van der Waals surface area contributed by atoms with E-state index in [2.05, 4.69) is 10.6 Å². The molecule has 35 heavy (non-hydrogen) atoms. The van der Waals surface area contributed by atoms with Crippen molar-refractivity contribution < 1.29 is 29.3 Å². The minimum absolute atomic E-state index is 0.0517. The van der Waals surface area contributed by atoms with Crippen LogP contribution in [0.15, 0.2) is 24.3 Å². The van der Waals surface area contributed by atoms with Gasteiger partial charge in [-0.1, -0.05) is 25.5 Å². The second kappa shape index (κ2) is 14.8. The lowest BCUT2D eigenvalue weighted by Gasteiger charge is -2.34. The number of amides is 3. The van der Waals surface area contributed by atoms with Crippen LogP contribution in [0, 0.1) is 0 Å². The van der Waals surface area contributed by atoms with Crippen LogP contribution in [0.3, 0.4) is 0 Å². The molecule has 3 unspecified atom stereocenters. The number of aliphatic hydroxyl groups is 1. The second-order valence-electron chi connectivity index (χ2n) is 9.43. The number of nitrogens with zero attached hydrogens (tertiary/aromatic N) is 1. The summed E-state index contributed by atoms with van der Waals surface area (Å²) >= 11 is 1.51. The molecule has 0 saturated heterocycles. The van der Waals surface area contributed by atoms with E-state index < -0.39 is 35.6 Å². The van der Waals surface area contributed by atoms with E-state index in [-0.39, 0.29) is 24.9 Å². The Labute approximate surface area is 213 Å². The van der Waals surface area contributed by atoms with E-state index in [1.54, 1.807) is 32.9 Å². The van der Waals surface area contributed by atoms with Crippen molar-refractivity contribution in [1.29, 1.82) is 0 Å². The highest BCUT2D eigenvalue weighted by Crippen LogP contribution is 2.26. The van der Waals surface area contributed by atoms with Gasteiger partial charge in [0.05, 0.1) is 6.61 Å². The highest BCUT2D eigenvalue weighted by molar-refractivity contribution is 7.98. The Morgan fingerprint density at radius 1 is 1.17 bits per heavy atom. The predicted octanol–water partition coefficient (Wildman–Crippen LogP) is 3.21. The van der Waals surface area contributed by atoms with Crippen molar-refractivity contribution in [3.63, 3.8) is 0 Å². The number of hydrogen-bond donors (Lipinski definition) is 4. The summed E-state index contributed by atoms with van der Waals surface area (Å²) in [5.41, 5.74) is -0.352. The van der Waals surface area contributed by atoms with Gasteiger partial charge in [0.15, 0.2) is 0 Å². The molecule has 0 fully saturated rings. The summed E-state index contributed by atoms with van der Waals surface area (Å²) in [6.07, 6.45) is 3.08. The lowest BCUT2D eigenvalue weighted by molar-refractivity contribution is -0.143. The smallest absolute Gasteiger partial charge is 0.408 e. The number of aromatic hydroxyl groups is 1. The zero-order valence-electron chi connectivity index (χ0n) is 21.7. The molecule has 0 spiro atoms. The fourth-order valence-electron chi connectivity index (χ4n) is 3.61. The van der Waals surface area contributed by atoms with Crippen LogP contribution >= 0.6 is 11.8 Å². The zero-order chi connectivity index (χ0) is 26.6. The molecule has 0 aliphatic heterocycles. The van der Waals surface area contributed by atoms with Gasteiger partial charge in [-0.15, -0.1) is 0 Å². The Bertz CT molecular complexity index is 830. The summed E-state index contributed by atoms with van der Waals surface area (Å²) < 4.78 is 5.34. The van der Waals surface area contributed by atoms with E-state index in [1.165, 1.54) is 28.8 Å². The summed E-state index contributed by atoms with van der Waals surface area (Å²) in [6.45, 7) is 8.54.